The van der Waals surface area contributed by atoms with Gasteiger partial charge < -0.3 is 9.80 Å². The lowest BCUT2D eigenvalue weighted by Crippen LogP contribution is -2.38. The van der Waals surface area contributed by atoms with Gasteiger partial charge in [-0.1, -0.05) is 6.07 Å². The van der Waals surface area contributed by atoms with Crippen molar-refractivity contribution in [3.8, 4) is 0 Å². The molecule has 1 aromatic carbocycles. The molecule has 0 N–H and O–H groups in total. The normalized spacial score (nSPS) is 17.3. The quantitative estimate of drug-likeness (QED) is 0.841. The minimum atomic E-state index is -0.189. The van der Waals surface area contributed by atoms with Crippen molar-refractivity contribution in [2.24, 2.45) is 0 Å². The van der Waals surface area contributed by atoms with Crippen LogP contribution in [0.5, 0.6) is 0 Å². The van der Waals surface area contributed by atoms with E-state index in [9.17, 15) is 9.18 Å². The molecule has 0 atom stereocenters. The smallest absolute Gasteiger partial charge is 0.257 e. The largest absolute Gasteiger partial charge is 0.351 e. The fourth-order valence-corrected chi connectivity index (χ4v) is 3.79. The first kappa shape index (κ1) is 16.1. The highest BCUT2D eigenvalue weighted by atomic mass is 19.1. The average Bonchev–Trinajstić information content (AvgIpc) is 2.67. The van der Waals surface area contributed by atoms with Crippen LogP contribution in [0, 0.1) is 5.82 Å². The van der Waals surface area contributed by atoms with Crippen molar-refractivity contribution in [2.45, 2.75) is 32.2 Å². The molecule has 0 radical (unpaired) electrons. The zero-order valence-electron chi connectivity index (χ0n) is 14.2. The lowest BCUT2D eigenvalue weighted by molar-refractivity contribution is 0.0724. The fourth-order valence-electron chi connectivity index (χ4n) is 3.79. The van der Waals surface area contributed by atoms with Gasteiger partial charge in [0.05, 0.1) is 5.56 Å². The second-order valence-electron chi connectivity index (χ2n) is 6.81. The lowest BCUT2D eigenvalue weighted by atomic mass is 9.99. The summed E-state index contributed by atoms with van der Waals surface area (Å²) in [7, 11) is 0. The third kappa shape index (κ3) is 3.23. The molecular weight excluding hydrogens is 317 g/mol. The average molecular weight is 339 g/mol. The molecule has 0 spiro atoms. The molecular formula is C20H22FN3O. The number of likely N-dealkylation sites (tertiary alicyclic amines) is 1. The summed E-state index contributed by atoms with van der Waals surface area (Å²) in [5, 5.41) is 0. The van der Waals surface area contributed by atoms with Crippen molar-refractivity contribution >= 4 is 11.7 Å². The molecule has 1 aromatic heterocycles. The number of hydrogen-bond donors (Lipinski definition) is 0. The van der Waals surface area contributed by atoms with Gasteiger partial charge in [-0.2, -0.15) is 0 Å². The standard InChI is InChI=1S/C20H22FN3O/c21-17-7-6-16-14-24(12-8-15(16)13-17)19-18(5-4-9-22-19)20(25)23-10-2-1-3-11-23/h4-7,9,13H,1-3,8,10-12,14H2. The predicted octanol–water partition coefficient (Wildman–Crippen LogP) is 3.41. The van der Waals surface area contributed by atoms with Gasteiger partial charge in [-0.15, -0.1) is 0 Å². The van der Waals surface area contributed by atoms with Crippen molar-refractivity contribution in [2.75, 3.05) is 24.5 Å². The number of carbonyl (C=O) groups excluding carboxylic acids is 1. The topological polar surface area (TPSA) is 36.4 Å². The third-order valence-corrected chi connectivity index (χ3v) is 5.14. The number of piperidine rings is 1. The van der Waals surface area contributed by atoms with Crippen LogP contribution in [0.1, 0.15) is 40.7 Å². The molecule has 25 heavy (non-hydrogen) atoms. The van der Waals surface area contributed by atoms with E-state index in [2.05, 4.69) is 9.88 Å². The van der Waals surface area contributed by atoms with Crippen LogP contribution in [0.4, 0.5) is 10.2 Å². The lowest BCUT2D eigenvalue weighted by Gasteiger charge is -2.32. The van der Waals surface area contributed by atoms with Gasteiger partial charge in [0.15, 0.2) is 0 Å². The highest BCUT2D eigenvalue weighted by Crippen LogP contribution is 2.27. The second kappa shape index (κ2) is 6.82. The van der Waals surface area contributed by atoms with E-state index in [1.54, 1.807) is 12.3 Å². The number of fused-ring (bicyclic) bond motifs is 1. The van der Waals surface area contributed by atoms with Gasteiger partial charge in [0.1, 0.15) is 11.6 Å². The molecule has 1 fully saturated rings. The van der Waals surface area contributed by atoms with Gasteiger partial charge in [0.2, 0.25) is 0 Å². The minimum Gasteiger partial charge on any atom is -0.351 e. The maximum atomic E-state index is 13.4. The highest BCUT2D eigenvalue weighted by Gasteiger charge is 2.25. The van der Waals surface area contributed by atoms with Crippen LogP contribution in [0.25, 0.3) is 0 Å². The summed E-state index contributed by atoms with van der Waals surface area (Å²) >= 11 is 0. The van der Waals surface area contributed by atoms with Crippen molar-refractivity contribution < 1.29 is 9.18 Å². The Morgan fingerprint density at radius 3 is 2.72 bits per heavy atom. The van der Waals surface area contributed by atoms with Gasteiger partial charge in [-0.05, 0) is 61.1 Å². The molecule has 0 unspecified atom stereocenters. The Kier molecular flexibility index (Phi) is 4.38. The van der Waals surface area contributed by atoms with Gasteiger partial charge >= 0.3 is 0 Å². The van der Waals surface area contributed by atoms with E-state index in [0.29, 0.717) is 12.1 Å². The molecule has 0 aliphatic carbocycles. The Hall–Kier alpha value is -2.43. The first-order valence-corrected chi connectivity index (χ1v) is 8.99. The third-order valence-electron chi connectivity index (χ3n) is 5.14. The van der Waals surface area contributed by atoms with E-state index in [4.69, 9.17) is 0 Å². The van der Waals surface area contributed by atoms with Gasteiger partial charge in [-0.3, -0.25) is 4.79 Å². The molecule has 4 rings (SSSR count). The Morgan fingerprint density at radius 2 is 1.88 bits per heavy atom. The molecule has 2 aromatic rings. The number of rotatable bonds is 2. The molecule has 0 bridgehead atoms. The van der Waals surface area contributed by atoms with Crippen LogP contribution in [-0.4, -0.2) is 35.4 Å². The molecule has 1 amide bonds. The minimum absolute atomic E-state index is 0.0766. The first-order valence-electron chi connectivity index (χ1n) is 8.99. The summed E-state index contributed by atoms with van der Waals surface area (Å²) in [4.78, 5) is 21.6. The van der Waals surface area contributed by atoms with Crippen molar-refractivity contribution in [3.63, 3.8) is 0 Å². The highest BCUT2D eigenvalue weighted by molar-refractivity contribution is 5.99. The summed E-state index contributed by atoms with van der Waals surface area (Å²) < 4.78 is 13.4. The molecule has 5 heteroatoms. The second-order valence-corrected chi connectivity index (χ2v) is 6.81. The van der Waals surface area contributed by atoms with E-state index in [0.717, 1.165) is 55.8 Å². The Labute approximate surface area is 147 Å². The molecule has 3 heterocycles. The van der Waals surface area contributed by atoms with E-state index in [1.807, 2.05) is 23.1 Å². The number of pyridine rings is 1. The van der Waals surface area contributed by atoms with Crippen LogP contribution in [-0.2, 0) is 13.0 Å². The maximum Gasteiger partial charge on any atom is 0.257 e. The molecule has 0 saturated carbocycles. The number of anilines is 1. The number of carbonyl (C=O) groups is 1. The van der Waals surface area contributed by atoms with Crippen molar-refractivity contribution in [1.82, 2.24) is 9.88 Å². The van der Waals surface area contributed by atoms with Crippen LogP contribution in [0.15, 0.2) is 36.5 Å². The van der Waals surface area contributed by atoms with E-state index < -0.39 is 0 Å². The van der Waals surface area contributed by atoms with Crippen molar-refractivity contribution in [1.29, 1.82) is 0 Å². The van der Waals surface area contributed by atoms with E-state index >= 15 is 0 Å². The molecule has 4 nitrogen and oxygen atoms in total. The fraction of sp³-hybridized carbons (Fsp3) is 0.400. The first-order chi connectivity index (χ1) is 12.2. The number of amides is 1. The molecule has 130 valence electrons. The summed E-state index contributed by atoms with van der Waals surface area (Å²) in [6.07, 6.45) is 5.85. The Bertz CT molecular complexity index is 786. The van der Waals surface area contributed by atoms with E-state index in [1.165, 1.54) is 12.5 Å². The molecule has 1 saturated heterocycles. The maximum absolute atomic E-state index is 13.4. The van der Waals surface area contributed by atoms with Crippen LogP contribution >= 0.6 is 0 Å². The zero-order valence-corrected chi connectivity index (χ0v) is 14.2. The number of halogens is 1. The Balaban J connectivity index is 1.61. The van der Waals surface area contributed by atoms with Gasteiger partial charge in [0.25, 0.3) is 5.91 Å². The summed E-state index contributed by atoms with van der Waals surface area (Å²) in [5.74, 6) is 0.631. The van der Waals surface area contributed by atoms with Crippen LogP contribution < -0.4 is 4.90 Å². The van der Waals surface area contributed by atoms with Crippen LogP contribution in [0.2, 0.25) is 0 Å². The summed E-state index contributed by atoms with van der Waals surface area (Å²) in [5.41, 5.74) is 2.83. The monoisotopic (exact) mass is 339 g/mol. The molecule has 2 aliphatic heterocycles. The molecule has 2 aliphatic rings. The number of hydrogen-bond acceptors (Lipinski definition) is 3. The number of nitrogens with zero attached hydrogens (tertiary/aromatic N) is 3. The Morgan fingerprint density at radius 1 is 1.04 bits per heavy atom. The SMILES string of the molecule is O=C(c1cccnc1N1CCc2cc(F)ccc2C1)N1CCCCC1. The summed E-state index contributed by atoms with van der Waals surface area (Å²) in [6, 6.07) is 8.66. The number of aromatic nitrogens is 1. The predicted molar refractivity (Wildman–Crippen MR) is 95.1 cm³/mol. The van der Waals surface area contributed by atoms with E-state index in [-0.39, 0.29) is 11.7 Å². The van der Waals surface area contributed by atoms with Gasteiger partial charge in [-0.25, -0.2) is 9.37 Å². The summed E-state index contributed by atoms with van der Waals surface area (Å²) in [6.45, 7) is 3.06. The van der Waals surface area contributed by atoms with Crippen LogP contribution in [0.3, 0.4) is 0 Å². The number of benzene rings is 1. The van der Waals surface area contributed by atoms with Gasteiger partial charge in [0, 0.05) is 32.4 Å². The van der Waals surface area contributed by atoms with Crippen molar-refractivity contribution in [3.05, 3.63) is 59.0 Å². The zero-order chi connectivity index (χ0) is 17.2.